The van der Waals surface area contributed by atoms with Crippen LogP contribution in [0, 0.1) is 23.3 Å². The van der Waals surface area contributed by atoms with E-state index in [0.29, 0.717) is 0 Å². The lowest BCUT2D eigenvalue weighted by molar-refractivity contribution is 0.107. The Labute approximate surface area is 94.0 Å². The zero-order valence-electron chi connectivity index (χ0n) is 8.38. The van der Waals surface area contributed by atoms with Gasteiger partial charge in [-0.15, -0.1) is 0 Å². The zero-order valence-corrected chi connectivity index (χ0v) is 9.13. The molecule has 0 aromatic heterocycles. The topological polar surface area (TPSA) is 17.1 Å². The minimum Gasteiger partial charge on any atom is -0.275 e. The molecule has 0 radical (unpaired) electrons. The van der Waals surface area contributed by atoms with Gasteiger partial charge in [-0.3, -0.25) is 4.79 Å². The number of carbonyl (C=O) groups excluding carboxylic acids is 1. The van der Waals surface area contributed by atoms with E-state index in [9.17, 15) is 22.4 Å². The van der Waals surface area contributed by atoms with Crippen molar-refractivity contribution in [2.45, 2.75) is 19.8 Å². The van der Waals surface area contributed by atoms with E-state index in [0.717, 1.165) is 0 Å². The monoisotopic (exact) mass is 254 g/mol. The van der Waals surface area contributed by atoms with Gasteiger partial charge in [-0.2, -0.15) is 0 Å². The summed E-state index contributed by atoms with van der Waals surface area (Å²) in [5, 5.41) is -1.36. The van der Waals surface area contributed by atoms with Gasteiger partial charge >= 0.3 is 0 Å². The summed E-state index contributed by atoms with van der Waals surface area (Å²) in [6.07, 6.45) is 0. The second kappa shape index (κ2) is 4.41. The predicted molar refractivity (Wildman–Crippen MR) is 50.5 cm³/mol. The largest absolute Gasteiger partial charge is 0.275 e. The summed E-state index contributed by atoms with van der Waals surface area (Å²) in [6.45, 7) is 2.80. The molecule has 16 heavy (non-hydrogen) atoms. The van der Waals surface area contributed by atoms with Gasteiger partial charge in [-0.25, -0.2) is 17.6 Å². The average molecular weight is 255 g/mol. The van der Waals surface area contributed by atoms with Crippen LogP contribution in [0.2, 0.25) is 0 Å². The molecule has 0 saturated heterocycles. The fourth-order valence-electron chi connectivity index (χ4n) is 1.38. The molecule has 0 bridgehead atoms. The Bertz CT molecular complexity index is 457. The molecule has 0 heterocycles. The van der Waals surface area contributed by atoms with Gasteiger partial charge in [-0.1, -0.05) is 13.8 Å². The van der Waals surface area contributed by atoms with Crippen molar-refractivity contribution in [3.63, 3.8) is 0 Å². The summed E-state index contributed by atoms with van der Waals surface area (Å²) in [5.74, 6) is -8.03. The van der Waals surface area contributed by atoms with Crippen molar-refractivity contribution in [1.82, 2.24) is 0 Å². The summed E-state index contributed by atoms with van der Waals surface area (Å²) in [5.41, 5.74) is -1.51. The van der Waals surface area contributed by atoms with E-state index >= 15 is 0 Å². The highest BCUT2D eigenvalue weighted by Crippen LogP contribution is 2.30. The van der Waals surface area contributed by atoms with Crippen LogP contribution >= 0.6 is 11.6 Å². The standard InChI is InChI=1S/C10H7ClF4O/c1-3(2)4-5(10(11)16)7(13)9(15)8(14)6(4)12/h3H,1-2H3. The number of benzene rings is 1. The second-order valence-electron chi connectivity index (χ2n) is 3.47. The van der Waals surface area contributed by atoms with Crippen molar-refractivity contribution < 1.29 is 22.4 Å². The first-order valence-corrected chi connectivity index (χ1v) is 4.72. The molecule has 6 heteroatoms. The van der Waals surface area contributed by atoms with E-state index in [4.69, 9.17) is 11.6 Å². The normalized spacial score (nSPS) is 11.0. The Balaban J connectivity index is 3.76. The third-order valence-corrected chi connectivity index (χ3v) is 2.27. The maximum atomic E-state index is 13.3. The van der Waals surface area contributed by atoms with Crippen LogP contribution in [0.4, 0.5) is 17.6 Å². The van der Waals surface area contributed by atoms with Crippen LogP contribution < -0.4 is 0 Å². The van der Waals surface area contributed by atoms with Gasteiger partial charge in [0.1, 0.15) is 0 Å². The number of carbonyl (C=O) groups is 1. The summed E-state index contributed by atoms with van der Waals surface area (Å²) < 4.78 is 52.3. The Morgan fingerprint density at radius 1 is 1.00 bits per heavy atom. The molecule has 1 nitrogen and oxygen atoms in total. The Morgan fingerprint density at radius 3 is 1.81 bits per heavy atom. The molecule has 0 spiro atoms. The van der Waals surface area contributed by atoms with Gasteiger partial charge in [0.25, 0.3) is 5.24 Å². The van der Waals surface area contributed by atoms with Gasteiger partial charge in [0, 0.05) is 5.56 Å². The predicted octanol–water partition coefficient (Wildman–Crippen LogP) is 3.75. The Kier molecular flexibility index (Phi) is 3.57. The molecule has 0 unspecified atom stereocenters. The van der Waals surface area contributed by atoms with Gasteiger partial charge in [0.05, 0.1) is 5.56 Å². The Hall–Kier alpha value is -1.10. The molecule has 1 rings (SSSR count). The highest BCUT2D eigenvalue weighted by Gasteiger charge is 2.29. The highest BCUT2D eigenvalue weighted by molar-refractivity contribution is 6.68. The lowest BCUT2D eigenvalue weighted by Crippen LogP contribution is -2.12. The van der Waals surface area contributed by atoms with Crippen molar-refractivity contribution in [2.75, 3.05) is 0 Å². The molecular formula is C10H7ClF4O. The number of rotatable bonds is 2. The summed E-state index contributed by atoms with van der Waals surface area (Å²) in [6, 6.07) is 0. The van der Waals surface area contributed by atoms with E-state index in [2.05, 4.69) is 0 Å². The van der Waals surface area contributed by atoms with Crippen molar-refractivity contribution in [1.29, 1.82) is 0 Å². The number of halogens is 5. The lowest BCUT2D eigenvalue weighted by Gasteiger charge is -2.13. The average Bonchev–Trinajstić information content (AvgIpc) is 2.18. The fourth-order valence-corrected chi connectivity index (χ4v) is 1.57. The molecule has 0 aliphatic carbocycles. The quantitative estimate of drug-likeness (QED) is 0.340. The van der Waals surface area contributed by atoms with Crippen molar-refractivity contribution in [3.8, 4) is 0 Å². The Morgan fingerprint density at radius 2 is 1.44 bits per heavy atom. The molecule has 0 fully saturated rings. The minimum atomic E-state index is -2.04. The molecule has 0 saturated carbocycles. The van der Waals surface area contributed by atoms with Crippen LogP contribution in [0.25, 0.3) is 0 Å². The summed E-state index contributed by atoms with van der Waals surface area (Å²) in [7, 11) is 0. The summed E-state index contributed by atoms with van der Waals surface area (Å²) >= 11 is 5.02. The van der Waals surface area contributed by atoms with Crippen LogP contribution in [0.3, 0.4) is 0 Å². The summed E-state index contributed by atoms with van der Waals surface area (Å²) in [4.78, 5) is 10.9. The van der Waals surface area contributed by atoms with E-state index in [-0.39, 0.29) is 0 Å². The first kappa shape index (κ1) is 13.0. The van der Waals surface area contributed by atoms with Crippen molar-refractivity contribution in [3.05, 3.63) is 34.4 Å². The first-order chi connectivity index (χ1) is 7.29. The molecule has 0 aliphatic rings. The molecule has 0 aliphatic heterocycles. The van der Waals surface area contributed by atoms with Gasteiger partial charge in [0.2, 0.25) is 0 Å². The lowest BCUT2D eigenvalue weighted by atomic mass is 9.96. The van der Waals surface area contributed by atoms with Gasteiger partial charge in [-0.05, 0) is 17.5 Å². The van der Waals surface area contributed by atoms with E-state index in [1.807, 2.05) is 0 Å². The third kappa shape index (κ3) is 1.91. The molecule has 1 aromatic rings. The highest BCUT2D eigenvalue weighted by atomic mass is 35.5. The fraction of sp³-hybridized carbons (Fsp3) is 0.300. The van der Waals surface area contributed by atoms with Gasteiger partial charge in [0.15, 0.2) is 23.3 Å². The molecule has 0 amide bonds. The van der Waals surface area contributed by atoms with Crippen LogP contribution in [0.1, 0.15) is 35.7 Å². The minimum absolute atomic E-state index is 0.559. The maximum Gasteiger partial charge on any atom is 0.255 e. The van der Waals surface area contributed by atoms with Crippen LogP contribution in [-0.4, -0.2) is 5.24 Å². The van der Waals surface area contributed by atoms with E-state index in [1.54, 1.807) is 0 Å². The number of hydrogen-bond acceptors (Lipinski definition) is 1. The number of hydrogen-bond donors (Lipinski definition) is 0. The van der Waals surface area contributed by atoms with Crippen LogP contribution in [0.5, 0.6) is 0 Å². The van der Waals surface area contributed by atoms with Crippen molar-refractivity contribution >= 4 is 16.8 Å². The smallest absolute Gasteiger partial charge is 0.255 e. The van der Waals surface area contributed by atoms with Gasteiger partial charge < -0.3 is 0 Å². The molecule has 88 valence electrons. The molecule has 0 N–H and O–H groups in total. The molecule has 0 atom stereocenters. The SMILES string of the molecule is CC(C)c1c(F)c(F)c(F)c(F)c1C(=O)Cl. The third-order valence-electron chi connectivity index (χ3n) is 2.08. The van der Waals surface area contributed by atoms with E-state index in [1.165, 1.54) is 13.8 Å². The van der Waals surface area contributed by atoms with Crippen molar-refractivity contribution in [2.24, 2.45) is 0 Å². The molecule has 1 aromatic carbocycles. The second-order valence-corrected chi connectivity index (χ2v) is 3.82. The molecular weight excluding hydrogens is 248 g/mol. The zero-order chi connectivity index (χ0) is 12.6. The van der Waals surface area contributed by atoms with E-state index < -0.39 is 45.6 Å². The van der Waals surface area contributed by atoms with Crippen LogP contribution in [-0.2, 0) is 0 Å². The maximum absolute atomic E-state index is 13.3. The van der Waals surface area contributed by atoms with Crippen LogP contribution in [0.15, 0.2) is 0 Å². The first-order valence-electron chi connectivity index (χ1n) is 4.34.